The van der Waals surface area contributed by atoms with E-state index in [2.05, 4.69) is 24.9 Å². The third-order valence-electron chi connectivity index (χ3n) is 5.82. The number of allylic oxidation sites excluding steroid dienone is 1. The quantitative estimate of drug-likeness (QED) is 0.146. The van der Waals surface area contributed by atoms with E-state index in [0.717, 1.165) is 17.2 Å². The number of aryl methyl sites for hydroxylation is 1. The summed E-state index contributed by atoms with van der Waals surface area (Å²) in [5.74, 6) is -2.26. The summed E-state index contributed by atoms with van der Waals surface area (Å²) in [6, 6.07) is 2.75. The summed E-state index contributed by atoms with van der Waals surface area (Å²) in [6.07, 6.45) is 6.71. The van der Waals surface area contributed by atoms with Crippen molar-refractivity contribution in [3.8, 4) is 0 Å². The monoisotopic (exact) mass is 570 g/mol. The van der Waals surface area contributed by atoms with E-state index in [1.807, 2.05) is 36.1 Å². The van der Waals surface area contributed by atoms with Crippen LogP contribution in [0.2, 0.25) is 0 Å². The molecule has 1 fully saturated rings. The number of hydrogen-bond donors (Lipinski definition) is 3. The van der Waals surface area contributed by atoms with E-state index >= 15 is 0 Å². The molecular weight excluding hydrogens is 546 g/mol. The number of carboxylic acids is 1. The molecule has 202 valence electrons. The maximum atomic E-state index is 13.1. The molecule has 0 radical (unpaired) electrons. The Morgan fingerprint density at radius 3 is 2.85 bits per heavy atom. The molecule has 1 saturated heterocycles. The van der Waals surface area contributed by atoms with Crippen LogP contribution in [0.15, 0.2) is 47.0 Å². The van der Waals surface area contributed by atoms with E-state index in [9.17, 15) is 19.5 Å². The molecule has 5 heterocycles. The van der Waals surface area contributed by atoms with Gasteiger partial charge in [0.2, 0.25) is 11.5 Å². The Morgan fingerprint density at radius 1 is 1.36 bits per heavy atom. The molecule has 5 rings (SSSR count). The number of hydrogen-bond acceptors (Lipinski definition) is 11. The van der Waals surface area contributed by atoms with Gasteiger partial charge in [0.1, 0.15) is 35.1 Å². The van der Waals surface area contributed by atoms with Gasteiger partial charge in [-0.25, -0.2) is 9.36 Å². The maximum absolute atomic E-state index is 13.1. The lowest BCUT2D eigenvalue weighted by atomic mass is 10.0. The number of thioether (sulfide) groups is 1. The molecule has 4 N–H and O–H groups in total. The van der Waals surface area contributed by atoms with Crippen LogP contribution in [-0.4, -0.2) is 75.7 Å². The van der Waals surface area contributed by atoms with Gasteiger partial charge in [-0.3, -0.25) is 14.5 Å². The number of fused-ring (bicyclic) bond motifs is 2. The molecule has 0 spiro atoms. The molecule has 14 nitrogen and oxygen atoms in total. The van der Waals surface area contributed by atoms with Crippen LogP contribution in [0.5, 0.6) is 0 Å². The van der Waals surface area contributed by atoms with Crippen molar-refractivity contribution in [2.45, 2.75) is 31.4 Å². The molecule has 0 aliphatic carbocycles. The minimum absolute atomic E-state index is 0.0328. The molecule has 0 bridgehead atoms. The summed E-state index contributed by atoms with van der Waals surface area (Å²) < 4.78 is 7.64. The zero-order valence-corrected chi connectivity index (χ0v) is 22.6. The fourth-order valence-corrected chi connectivity index (χ4v) is 5.76. The van der Waals surface area contributed by atoms with Crippen molar-refractivity contribution in [1.82, 2.24) is 29.2 Å². The van der Waals surface area contributed by atoms with Gasteiger partial charge in [0.15, 0.2) is 11.3 Å². The highest BCUT2D eigenvalue weighted by molar-refractivity contribution is 8.00. The van der Waals surface area contributed by atoms with Crippen LogP contribution in [0.4, 0.5) is 5.13 Å². The fraction of sp³-hybridized carbons (Fsp3) is 0.304. The molecule has 0 unspecified atom stereocenters. The minimum Gasteiger partial charge on any atom is -0.477 e. The van der Waals surface area contributed by atoms with E-state index in [0.29, 0.717) is 17.0 Å². The van der Waals surface area contributed by atoms with Gasteiger partial charge in [0.05, 0.1) is 7.05 Å². The Hall–Kier alpha value is -4.31. The highest BCUT2D eigenvalue weighted by atomic mass is 32.2. The van der Waals surface area contributed by atoms with Gasteiger partial charge in [-0.15, -0.1) is 16.3 Å². The molecule has 2 aliphatic rings. The summed E-state index contributed by atoms with van der Waals surface area (Å²) in [5.41, 5.74) is 7.25. The Kier molecular flexibility index (Phi) is 7.05. The first-order chi connectivity index (χ1) is 18.6. The lowest BCUT2D eigenvalue weighted by Gasteiger charge is -2.49. The first kappa shape index (κ1) is 26.3. The Bertz CT molecular complexity index is 1570. The van der Waals surface area contributed by atoms with Crippen LogP contribution in [0.25, 0.3) is 11.7 Å². The maximum Gasteiger partial charge on any atom is 0.352 e. The number of aliphatic carboxylic acids is 1. The molecule has 16 heteroatoms. The predicted octanol–water partition coefficient (Wildman–Crippen LogP) is 0.174. The summed E-state index contributed by atoms with van der Waals surface area (Å²) in [5, 5.41) is 20.4. The fourth-order valence-electron chi connectivity index (χ4n) is 4.00. The highest BCUT2D eigenvalue weighted by Gasteiger charge is 2.54. The Balaban J connectivity index is 1.35. The number of carbonyl (C=O) groups is 3. The summed E-state index contributed by atoms with van der Waals surface area (Å²) in [4.78, 5) is 48.7. The van der Waals surface area contributed by atoms with Crippen molar-refractivity contribution in [2.24, 2.45) is 12.2 Å². The second-order valence-corrected chi connectivity index (χ2v) is 10.8. The number of β-lactam (4-membered cyclic amide) rings is 1. The smallest absolute Gasteiger partial charge is 0.352 e. The molecule has 3 aromatic heterocycles. The molecule has 0 aromatic carbocycles. The van der Waals surface area contributed by atoms with E-state index < -0.39 is 29.2 Å². The van der Waals surface area contributed by atoms with Crippen molar-refractivity contribution in [1.29, 1.82) is 0 Å². The van der Waals surface area contributed by atoms with Crippen molar-refractivity contribution >= 4 is 63.6 Å². The average molecular weight is 571 g/mol. The van der Waals surface area contributed by atoms with Gasteiger partial charge in [-0.1, -0.05) is 16.3 Å². The number of nitrogens with one attached hydrogen (secondary N) is 1. The van der Waals surface area contributed by atoms with Crippen molar-refractivity contribution < 1.29 is 28.9 Å². The van der Waals surface area contributed by atoms with Crippen LogP contribution in [-0.2, 0) is 26.3 Å². The van der Waals surface area contributed by atoms with Gasteiger partial charge < -0.3 is 21.0 Å². The van der Waals surface area contributed by atoms with Gasteiger partial charge in [0, 0.05) is 23.4 Å². The lowest BCUT2D eigenvalue weighted by molar-refractivity contribution is -0.644. The number of nitrogens with two attached hydrogens (primary N) is 1. The zero-order chi connectivity index (χ0) is 27.8. The normalized spacial score (nSPS) is 19.5. The minimum atomic E-state index is -1.24. The first-order valence-electron chi connectivity index (χ1n) is 11.7. The zero-order valence-electron chi connectivity index (χ0n) is 21.0. The van der Waals surface area contributed by atoms with Crippen molar-refractivity contribution in [3.63, 3.8) is 0 Å². The standard InChI is InChI=1S/C23H23N9O5S2/c1-11(2)37-28-15(18-26-23(24)39-29-18)19(33)25-16-20(34)32-17(22(35)36)12(10-38-21(16)32)4-5-13-6-7-14-30(3)8-9-31(14)27-13/h4-9,11,16,21H,10H2,1-3H3,(H3-,24,25,26,29,33,35,36)/p+1/b5-4-,28-15-/t16-,21-/m1/s1. The second kappa shape index (κ2) is 10.5. The van der Waals surface area contributed by atoms with E-state index in [-0.39, 0.29) is 28.5 Å². The third kappa shape index (κ3) is 5.07. The van der Waals surface area contributed by atoms with Crippen LogP contribution in [0.3, 0.4) is 0 Å². The van der Waals surface area contributed by atoms with Crippen LogP contribution >= 0.6 is 23.3 Å². The Labute approximate surface area is 230 Å². The summed E-state index contributed by atoms with van der Waals surface area (Å²) in [6.45, 7) is 3.46. The molecule has 2 amide bonds. The van der Waals surface area contributed by atoms with E-state index in [1.165, 1.54) is 16.7 Å². The van der Waals surface area contributed by atoms with Gasteiger partial charge >= 0.3 is 11.6 Å². The number of nitrogen functional groups attached to an aromatic ring is 1. The van der Waals surface area contributed by atoms with Gasteiger partial charge in [0.25, 0.3) is 11.8 Å². The predicted molar refractivity (Wildman–Crippen MR) is 142 cm³/mol. The largest absolute Gasteiger partial charge is 0.477 e. The van der Waals surface area contributed by atoms with Crippen LogP contribution < -0.4 is 15.6 Å². The molecular formula is C23H24N9O5S2+. The number of aromatic nitrogens is 5. The molecule has 2 atom stereocenters. The second-order valence-electron chi connectivity index (χ2n) is 8.89. The van der Waals surface area contributed by atoms with Gasteiger partial charge in [-0.2, -0.15) is 9.36 Å². The number of imidazole rings is 1. The molecule has 2 aliphatic heterocycles. The number of amides is 2. The van der Waals surface area contributed by atoms with E-state index in [1.54, 1.807) is 30.5 Å². The third-order valence-corrected chi connectivity index (χ3v) is 7.66. The summed E-state index contributed by atoms with van der Waals surface area (Å²) >= 11 is 2.22. The number of nitrogens with zero attached hydrogens (tertiary/aromatic N) is 7. The summed E-state index contributed by atoms with van der Waals surface area (Å²) in [7, 11) is 1.91. The van der Waals surface area contributed by atoms with E-state index in [4.69, 9.17) is 10.6 Å². The molecule has 0 saturated carbocycles. The molecule has 39 heavy (non-hydrogen) atoms. The average Bonchev–Trinajstić information content (AvgIpc) is 3.50. The first-order valence-corrected chi connectivity index (χ1v) is 13.5. The van der Waals surface area contributed by atoms with Gasteiger partial charge in [-0.05, 0) is 31.6 Å². The lowest BCUT2D eigenvalue weighted by Crippen LogP contribution is -2.71. The van der Waals surface area contributed by atoms with Crippen LogP contribution in [0, 0.1) is 0 Å². The van der Waals surface area contributed by atoms with Crippen LogP contribution in [0.1, 0.15) is 25.4 Å². The number of carboxylic acid groups (broad SMARTS) is 1. The Morgan fingerprint density at radius 2 is 2.15 bits per heavy atom. The number of oxime groups is 1. The van der Waals surface area contributed by atoms with Crippen molar-refractivity contribution in [3.05, 3.63) is 53.4 Å². The van der Waals surface area contributed by atoms with Crippen molar-refractivity contribution in [2.75, 3.05) is 11.5 Å². The number of rotatable bonds is 8. The SMILES string of the molecule is CC(C)O/N=C(\C(=O)N[C@@H]1C(=O)N2C(C(=O)O)=C(/C=C\c3ccc4n(cc[n+]4C)n3)CS[C@H]12)c1nsc(N)n1. The molecule has 3 aromatic rings. The number of carbonyl (C=O) groups excluding carboxylic acids is 2. The number of anilines is 1. The highest BCUT2D eigenvalue weighted by Crippen LogP contribution is 2.40. The topological polar surface area (TPSA) is 181 Å².